The van der Waals surface area contributed by atoms with Crippen LogP contribution in [-0.4, -0.2) is 18.2 Å². The standard InChI is InChI=1S/C15H22N2O2/c1-11(10-16)13(12-8-6-5-7-9-12)17-14(18)19-15(2,3)4/h5-9,13H,1,10,16H2,2-4H3,(H,17,18). The highest BCUT2D eigenvalue weighted by Gasteiger charge is 2.21. The largest absolute Gasteiger partial charge is 0.444 e. The number of rotatable bonds is 4. The monoisotopic (exact) mass is 262 g/mol. The van der Waals surface area contributed by atoms with Gasteiger partial charge in [-0.2, -0.15) is 0 Å². The second kappa shape index (κ2) is 6.38. The summed E-state index contributed by atoms with van der Waals surface area (Å²) in [6.07, 6.45) is -0.476. The summed E-state index contributed by atoms with van der Waals surface area (Å²) in [7, 11) is 0. The summed E-state index contributed by atoms with van der Waals surface area (Å²) in [5.74, 6) is 0. The molecule has 0 aliphatic heterocycles. The molecule has 19 heavy (non-hydrogen) atoms. The van der Waals surface area contributed by atoms with Crippen LogP contribution in [0.2, 0.25) is 0 Å². The second-order valence-electron chi connectivity index (χ2n) is 5.35. The highest BCUT2D eigenvalue weighted by molar-refractivity contribution is 5.69. The summed E-state index contributed by atoms with van der Waals surface area (Å²) >= 11 is 0. The fraction of sp³-hybridized carbons (Fsp3) is 0.400. The molecule has 0 spiro atoms. The predicted molar refractivity (Wildman–Crippen MR) is 76.7 cm³/mol. The van der Waals surface area contributed by atoms with Crippen LogP contribution in [0.15, 0.2) is 42.5 Å². The van der Waals surface area contributed by atoms with E-state index in [1.807, 2.05) is 51.1 Å². The van der Waals surface area contributed by atoms with E-state index < -0.39 is 11.7 Å². The number of hydrogen-bond donors (Lipinski definition) is 2. The van der Waals surface area contributed by atoms with Crippen LogP contribution in [0.5, 0.6) is 0 Å². The molecule has 1 unspecified atom stereocenters. The van der Waals surface area contributed by atoms with E-state index in [9.17, 15) is 4.79 Å². The van der Waals surface area contributed by atoms with Gasteiger partial charge in [0.1, 0.15) is 5.60 Å². The van der Waals surface area contributed by atoms with E-state index in [-0.39, 0.29) is 6.04 Å². The van der Waals surface area contributed by atoms with Crippen molar-refractivity contribution in [3.63, 3.8) is 0 Å². The van der Waals surface area contributed by atoms with Crippen molar-refractivity contribution >= 4 is 6.09 Å². The van der Waals surface area contributed by atoms with Gasteiger partial charge in [-0.25, -0.2) is 4.79 Å². The molecule has 104 valence electrons. The number of alkyl carbamates (subject to hydrolysis) is 1. The lowest BCUT2D eigenvalue weighted by Gasteiger charge is -2.24. The number of nitrogens with two attached hydrogens (primary N) is 1. The Hall–Kier alpha value is -1.81. The molecule has 4 heteroatoms. The SMILES string of the molecule is C=C(CN)C(NC(=O)OC(C)(C)C)c1ccccc1. The van der Waals surface area contributed by atoms with Gasteiger partial charge in [-0.15, -0.1) is 0 Å². The molecule has 0 heterocycles. The number of hydrogen-bond acceptors (Lipinski definition) is 3. The summed E-state index contributed by atoms with van der Waals surface area (Å²) in [5.41, 5.74) is 6.76. The van der Waals surface area contributed by atoms with E-state index in [4.69, 9.17) is 10.5 Å². The zero-order valence-electron chi connectivity index (χ0n) is 11.8. The zero-order chi connectivity index (χ0) is 14.5. The second-order valence-corrected chi connectivity index (χ2v) is 5.35. The number of ether oxygens (including phenoxy) is 1. The third kappa shape index (κ3) is 5.14. The fourth-order valence-corrected chi connectivity index (χ4v) is 1.61. The van der Waals surface area contributed by atoms with Crippen LogP contribution in [0.25, 0.3) is 0 Å². The molecule has 0 saturated heterocycles. The van der Waals surface area contributed by atoms with Crippen LogP contribution in [0.4, 0.5) is 4.79 Å². The Balaban J connectivity index is 2.83. The minimum Gasteiger partial charge on any atom is -0.444 e. The van der Waals surface area contributed by atoms with Gasteiger partial charge in [0.25, 0.3) is 0 Å². The van der Waals surface area contributed by atoms with Crippen molar-refractivity contribution in [2.45, 2.75) is 32.4 Å². The normalized spacial score (nSPS) is 12.6. The maximum absolute atomic E-state index is 11.8. The van der Waals surface area contributed by atoms with Crippen molar-refractivity contribution in [3.05, 3.63) is 48.0 Å². The van der Waals surface area contributed by atoms with Crippen molar-refractivity contribution in [3.8, 4) is 0 Å². The molecule has 0 aliphatic rings. The average Bonchev–Trinajstić information content (AvgIpc) is 2.34. The number of amides is 1. The Bertz CT molecular complexity index is 435. The molecule has 0 bridgehead atoms. The molecule has 1 aromatic rings. The predicted octanol–water partition coefficient (Wildman–Crippen LogP) is 2.77. The minimum absolute atomic E-state index is 0.301. The molecule has 0 radical (unpaired) electrons. The first-order valence-corrected chi connectivity index (χ1v) is 6.25. The quantitative estimate of drug-likeness (QED) is 0.820. The first kappa shape index (κ1) is 15.2. The van der Waals surface area contributed by atoms with Gasteiger partial charge in [0.2, 0.25) is 0 Å². The minimum atomic E-state index is -0.532. The molecule has 1 amide bonds. The Morgan fingerprint density at radius 2 is 1.95 bits per heavy atom. The van der Waals surface area contributed by atoms with Crippen LogP contribution in [0, 0.1) is 0 Å². The Morgan fingerprint density at radius 3 is 2.42 bits per heavy atom. The first-order valence-electron chi connectivity index (χ1n) is 6.25. The zero-order valence-corrected chi connectivity index (χ0v) is 11.8. The van der Waals surface area contributed by atoms with Gasteiger partial charge in [0, 0.05) is 6.54 Å². The smallest absolute Gasteiger partial charge is 0.408 e. The van der Waals surface area contributed by atoms with Crippen molar-refractivity contribution in [1.82, 2.24) is 5.32 Å². The fourth-order valence-electron chi connectivity index (χ4n) is 1.61. The van der Waals surface area contributed by atoms with Gasteiger partial charge in [0.15, 0.2) is 0 Å². The van der Waals surface area contributed by atoms with Gasteiger partial charge >= 0.3 is 6.09 Å². The molecule has 0 saturated carbocycles. The molecule has 1 rings (SSSR count). The van der Waals surface area contributed by atoms with Gasteiger partial charge in [-0.1, -0.05) is 36.9 Å². The van der Waals surface area contributed by atoms with Crippen LogP contribution in [-0.2, 0) is 4.74 Å². The molecule has 0 aromatic heterocycles. The maximum atomic E-state index is 11.8. The number of carbonyl (C=O) groups is 1. The van der Waals surface area contributed by atoms with Crippen molar-refractivity contribution in [2.24, 2.45) is 5.73 Å². The van der Waals surface area contributed by atoms with Gasteiger partial charge in [-0.05, 0) is 31.9 Å². The van der Waals surface area contributed by atoms with Crippen molar-refractivity contribution in [2.75, 3.05) is 6.54 Å². The number of carbonyl (C=O) groups excluding carboxylic acids is 1. The van der Waals surface area contributed by atoms with E-state index in [2.05, 4.69) is 11.9 Å². The Labute approximate surface area is 114 Å². The summed E-state index contributed by atoms with van der Waals surface area (Å²) in [6.45, 7) is 9.67. The van der Waals surface area contributed by atoms with E-state index in [1.165, 1.54) is 0 Å². The molecular formula is C15H22N2O2. The lowest BCUT2D eigenvalue weighted by molar-refractivity contribution is 0.0511. The van der Waals surface area contributed by atoms with Crippen LogP contribution >= 0.6 is 0 Å². The highest BCUT2D eigenvalue weighted by Crippen LogP contribution is 2.20. The van der Waals surface area contributed by atoms with E-state index >= 15 is 0 Å². The molecular weight excluding hydrogens is 240 g/mol. The Kier molecular flexibility index (Phi) is 5.12. The van der Waals surface area contributed by atoms with Crippen molar-refractivity contribution in [1.29, 1.82) is 0 Å². The number of benzene rings is 1. The highest BCUT2D eigenvalue weighted by atomic mass is 16.6. The molecule has 0 aliphatic carbocycles. The van der Waals surface area contributed by atoms with Gasteiger partial charge < -0.3 is 15.8 Å². The molecule has 4 nitrogen and oxygen atoms in total. The third-order valence-electron chi connectivity index (χ3n) is 2.46. The van der Waals surface area contributed by atoms with E-state index in [1.54, 1.807) is 0 Å². The van der Waals surface area contributed by atoms with Gasteiger partial charge in [0.05, 0.1) is 6.04 Å². The molecule has 3 N–H and O–H groups in total. The van der Waals surface area contributed by atoms with Gasteiger partial charge in [-0.3, -0.25) is 0 Å². The lowest BCUT2D eigenvalue weighted by atomic mass is 10.0. The average molecular weight is 262 g/mol. The van der Waals surface area contributed by atoms with Crippen molar-refractivity contribution < 1.29 is 9.53 Å². The van der Waals surface area contributed by atoms with Crippen LogP contribution in [0.1, 0.15) is 32.4 Å². The summed E-state index contributed by atoms with van der Waals surface area (Å²) in [5, 5.41) is 2.80. The first-order chi connectivity index (χ1) is 8.83. The topological polar surface area (TPSA) is 64.3 Å². The maximum Gasteiger partial charge on any atom is 0.408 e. The van der Waals surface area contributed by atoms with Crippen LogP contribution in [0.3, 0.4) is 0 Å². The molecule has 1 aromatic carbocycles. The van der Waals surface area contributed by atoms with Crippen LogP contribution < -0.4 is 11.1 Å². The summed E-state index contributed by atoms with van der Waals surface area (Å²) in [4.78, 5) is 11.8. The lowest BCUT2D eigenvalue weighted by Crippen LogP contribution is -2.36. The summed E-state index contributed by atoms with van der Waals surface area (Å²) in [6, 6.07) is 9.23. The van der Waals surface area contributed by atoms with E-state index in [0.717, 1.165) is 11.1 Å². The number of nitrogens with one attached hydrogen (secondary N) is 1. The summed E-state index contributed by atoms with van der Waals surface area (Å²) < 4.78 is 5.25. The Morgan fingerprint density at radius 1 is 1.37 bits per heavy atom. The molecule has 1 atom stereocenters. The third-order valence-corrected chi connectivity index (χ3v) is 2.46. The van der Waals surface area contributed by atoms with E-state index in [0.29, 0.717) is 6.54 Å². The molecule has 0 fully saturated rings.